The Bertz CT molecular complexity index is 974. The second-order valence-electron chi connectivity index (χ2n) is 9.49. The highest BCUT2D eigenvalue weighted by Crippen LogP contribution is 2.43. The summed E-state index contributed by atoms with van der Waals surface area (Å²) in [7, 11) is -1.58. The molecule has 2 unspecified atom stereocenters. The smallest absolute Gasteiger partial charge is 0.200 e. The summed E-state index contributed by atoms with van der Waals surface area (Å²) in [5, 5.41) is 10.3. The molecule has 1 aliphatic heterocycles. The van der Waals surface area contributed by atoms with Crippen molar-refractivity contribution in [2.75, 3.05) is 33.2 Å². The van der Waals surface area contributed by atoms with Crippen molar-refractivity contribution in [3.8, 4) is 11.5 Å². The lowest BCUT2D eigenvalue weighted by Gasteiger charge is -2.34. The number of hydrogen-bond acceptors (Lipinski definition) is 5. The van der Waals surface area contributed by atoms with Gasteiger partial charge in [0, 0.05) is 13.1 Å². The topological polar surface area (TPSA) is 85.2 Å². The molecule has 2 fully saturated rings. The molecule has 0 bridgehead atoms. The molecule has 2 aliphatic rings. The predicted octanol–water partition coefficient (Wildman–Crippen LogP) is 5.44. The molecule has 3 atom stereocenters. The third kappa shape index (κ3) is 6.39. The standard InChI is InChI=1S/C26H35O6P/c1-30-21-10-11-23(26-12-13-31-26)24(15-21)19-8-6-18(7-9-19)16-32-22-5-3-4-20(14-22)25(27)17-33(2,28)29/h3-5,10-11,14-15,18-19,25-27H,6-9,12-13,16-17H2,1-2H3,(H,28,29)/t18?,19?,25-,26?/m1/s1. The van der Waals surface area contributed by atoms with Gasteiger partial charge in [-0.2, -0.15) is 0 Å². The lowest BCUT2D eigenvalue weighted by Crippen LogP contribution is -2.23. The number of benzene rings is 2. The molecular weight excluding hydrogens is 439 g/mol. The first-order valence-corrected chi connectivity index (χ1v) is 14.1. The van der Waals surface area contributed by atoms with Gasteiger partial charge in [-0.1, -0.05) is 18.2 Å². The molecule has 7 heteroatoms. The molecule has 1 aliphatic carbocycles. The summed E-state index contributed by atoms with van der Waals surface area (Å²) >= 11 is 0. The fourth-order valence-electron chi connectivity index (χ4n) is 4.90. The van der Waals surface area contributed by atoms with Crippen LogP contribution in [0.2, 0.25) is 0 Å². The zero-order chi connectivity index (χ0) is 23.4. The van der Waals surface area contributed by atoms with Gasteiger partial charge < -0.3 is 24.2 Å². The predicted molar refractivity (Wildman–Crippen MR) is 129 cm³/mol. The monoisotopic (exact) mass is 474 g/mol. The highest BCUT2D eigenvalue weighted by atomic mass is 31.2. The Morgan fingerprint density at radius 2 is 1.82 bits per heavy atom. The highest BCUT2D eigenvalue weighted by Gasteiger charge is 2.29. The maximum Gasteiger partial charge on any atom is 0.200 e. The summed E-state index contributed by atoms with van der Waals surface area (Å²) < 4.78 is 28.9. The second kappa shape index (κ2) is 10.6. The SMILES string of the molecule is COc1ccc(C2CCO2)c(C2CCC(COc3cccc([C@H](O)CP(C)(=O)O)c3)CC2)c1. The molecular formula is C26H35O6P. The first kappa shape index (κ1) is 24.3. The van der Waals surface area contributed by atoms with E-state index < -0.39 is 13.5 Å². The number of rotatable bonds is 9. The van der Waals surface area contributed by atoms with Gasteiger partial charge in [-0.25, -0.2) is 0 Å². The molecule has 33 heavy (non-hydrogen) atoms. The molecule has 2 aromatic carbocycles. The van der Waals surface area contributed by atoms with Crippen molar-refractivity contribution in [3.63, 3.8) is 0 Å². The first-order chi connectivity index (χ1) is 15.8. The molecule has 2 aromatic rings. The van der Waals surface area contributed by atoms with Crippen LogP contribution < -0.4 is 9.47 Å². The van der Waals surface area contributed by atoms with Gasteiger partial charge in [-0.05, 0) is 78.5 Å². The second-order valence-corrected chi connectivity index (χ2v) is 12.0. The Balaban J connectivity index is 1.33. The van der Waals surface area contributed by atoms with E-state index >= 15 is 0 Å². The molecule has 2 N–H and O–H groups in total. The van der Waals surface area contributed by atoms with Crippen LogP contribution >= 0.6 is 7.37 Å². The van der Waals surface area contributed by atoms with E-state index in [9.17, 15) is 14.6 Å². The average molecular weight is 475 g/mol. The maximum atomic E-state index is 11.6. The van der Waals surface area contributed by atoms with Crippen molar-refractivity contribution in [1.82, 2.24) is 0 Å². The van der Waals surface area contributed by atoms with Gasteiger partial charge >= 0.3 is 0 Å². The van der Waals surface area contributed by atoms with Crippen molar-refractivity contribution >= 4 is 7.37 Å². The summed E-state index contributed by atoms with van der Waals surface area (Å²) in [5.41, 5.74) is 3.30. The number of aliphatic hydroxyl groups excluding tert-OH is 1. The van der Waals surface area contributed by atoms with E-state index in [1.165, 1.54) is 17.8 Å². The number of hydrogen-bond donors (Lipinski definition) is 2. The fraction of sp³-hybridized carbons (Fsp3) is 0.538. The van der Waals surface area contributed by atoms with Crippen molar-refractivity contribution in [1.29, 1.82) is 0 Å². The van der Waals surface area contributed by atoms with Gasteiger partial charge in [0.15, 0.2) is 0 Å². The van der Waals surface area contributed by atoms with Gasteiger partial charge in [0.1, 0.15) is 11.5 Å². The molecule has 0 radical (unpaired) electrons. The van der Waals surface area contributed by atoms with Gasteiger partial charge in [0.25, 0.3) is 0 Å². The van der Waals surface area contributed by atoms with Gasteiger partial charge in [-0.15, -0.1) is 0 Å². The summed E-state index contributed by atoms with van der Waals surface area (Å²) in [4.78, 5) is 9.54. The van der Waals surface area contributed by atoms with E-state index in [0.29, 0.717) is 29.8 Å². The van der Waals surface area contributed by atoms with E-state index in [2.05, 4.69) is 12.1 Å². The van der Waals surface area contributed by atoms with E-state index in [1.54, 1.807) is 19.2 Å². The average Bonchev–Trinajstić information content (AvgIpc) is 2.76. The van der Waals surface area contributed by atoms with Crippen LogP contribution in [-0.4, -0.2) is 43.2 Å². The van der Waals surface area contributed by atoms with Gasteiger partial charge in [0.2, 0.25) is 7.37 Å². The van der Waals surface area contributed by atoms with Crippen LogP contribution in [0.15, 0.2) is 42.5 Å². The molecule has 180 valence electrons. The number of methoxy groups -OCH3 is 1. The molecule has 0 amide bonds. The zero-order valence-corrected chi connectivity index (χ0v) is 20.4. The summed E-state index contributed by atoms with van der Waals surface area (Å²) in [6, 6.07) is 13.6. The van der Waals surface area contributed by atoms with Crippen molar-refractivity contribution in [2.24, 2.45) is 5.92 Å². The summed E-state index contributed by atoms with van der Waals surface area (Å²) in [6.07, 6.45) is 4.60. The van der Waals surface area contributed by atoms with Gasteiger partial charge in [0.05, 0.1) is 38.7 Å². The zero-order valence-electron chi connectivity index (χ0n) is 19.5. The van der Waals surface area contributed by atoms with Crippen molar-refractivity contribution < 1.29 is 28.8 Å². The number of aliphatic hydroxyl groups is 1. The fourth-order valence-corrected chi connectivity index (χ4v) is 5.75. The minimum absolute atomic E-state index is 0.154. The van der Waals surface area contributed by atoms with E-state index in [-0.39, 0.29) is 12.3 Å². The quantitative estimate of drug-likeness (QED) is 0.471. The van der Waals surface area contributed by atoms with E-state index in [1.807, 2.05) is 18.2 Å². The van der Waals surface area contributed by atoms with Crippen LogP contribution in [-0.2, 0) is 9.30 Å². The van der Waals surface area contributed by atoms with Crippen LogP contribution in [0.4, 0.5) is 0 Å². The lowest BCUT2D eigenvalue weighted by atomic mass is 9.76. The molecule has 4 rings (SSSR count). The summed E-state index contributed by atoms with van der Waals surface area (Å²) in [5.74, 6) is 2.59. The highest BCUT2D eigenvalue weighted by molar-refractivity contribution is 7.57. The Morgan fingerprint density at radius 1 is 1.06 bits per heavy atom. The first-order valence-electron chi connectivity index (χ1n) is 11.8. The molecule has 6 nitrogen and oxygen atoms in total. The minimum Gasteiger partial charge on any atom is -0.497 e. The van der Waals surface area contributed by atoms with Crippen LogP contribution in [0.5, 0.6) is 11.5 Å². The molecule has 1 saturated carbocycles. The third-order valence-electron chi connectivity index (χ3n) is 6.87. The largest absolute Gasteiger partial charge is 0.497 e. The van der Waals surface area contributed by atoms with Crippen LogP contribution in [0.1, 0.15) is 66.9 Å². The Hall–Kier alpha value is -1.85. The molecule has 1 heterocycles. The van der Waals surface area contributed by atoms with E-state index in [4.69, 9.17) is 14.2 Å². The summed E-state index contributed by atoms with van der Waals surface area (Å²) in [6.45, 7) is 2.74. The van der Waals surface area contributed by atoms with Crippen LogP contribution in [0.3, 0.4) is 0 Å². The van der Waals surface area contributed by atoms with Crippen LogP contribution in [0, 0.1) is 5.92 Å². The van der Waals surface area contributed by atoms with E-state index in [0.717, 1.165) is 44.5 Å². The minimum atomic E-state index is -3.29. The van der Waals surface area contributed by atoms with Gasteiger partial charge in [-0.3, -0.25) is 4.57 Å². The number of ether oxygens (including phenoxy) is 3. The normalized spacial score (nSPS) is 25.5. The Morgan fingerprint density at radius 3 is 2.45 bits per heavy atom. The molecule has 0 spiro atoms. The molecule has 0 aromatic heterocycles. The van der Waals surface area contributed by atoms with Crippen LogP contribution in [0.25, 0.3) is 0 Å². The Labute approximate surface area is 196 Å². The Kier molecular flexibility index (Phi) is 7.80. The van der Waals surface area contributed by atoms with Crippen molar-refractivity contribution in [2.45, 2.75) is 50.2 Å². The van der Waals surface area contributed by atoms with Crippen molar-refractivity contribution in [3.05, 3.63) is 59.2 Å². The maximum absolute atomic E-state index is 11.6. The lowest BCUT2D eigenvalue weighted by molar-refractivity contribution is -0.0534. The molecule has 1 saturated heterocycles. The third-order valence-corrected chi connectivity index (χ3v) is 7.89.